The predicted molar refractivity (Wildman–Crippen MR) is 74.0 cm³/mol. The SMILES string of the molecule is Cc1ccc(-c2nc(CC(C)C(=O)O)[nH]c2C)cc1. The van der Waals surface area contributed by atoms with Crippen LogP contribution in [-0.4, -0.2) is 21.0 Å². The van der Waals surface area contributed by atoms with Crippen molar-refractivity contribution < 1.29 is 9.90 Å². The molecule has 1 aromatic heterocycles. The molecule has 0 fully saturated rings. The Morgan fingerprint density at radius 2 is 1.95 bits per heavy atom. The normalized spacial score (nSPS) is 12.4. The number of aryl methyl sites for hydroxylation is 2. The van der Waals surface area contributed by atoms with E-state index in [0.717, 1.165) is 22.8 Å². The number of imidazole rings is 1. The number of hydrogen-bond acceptors (Lipinski definition) is 2. The van der Waals surface area contributed by atoms with E-state index in [1.165, 1.54) is 5.56 Å². The third-order valence-electron chi connectivity index (χ3n) is 3.18. The fourth-order valence-corrected chi connectivity index (χ4v) is 1.99. The van der Waals surface area contributed by atoms with Crippen molar-refractivity contribution in [3.05, 3.63) is 41.3 Å². The molecule has 19 heavy (non-hydrogen) atoms. The summed E-state index contributed by atoms with van der Waals surface area (Å²) in [5.74, 6) is -0.509. The molecule has 2 aromatic rings. The number of carbonyl (C=O) groups is 1. The van der Waals surface area contributed by atoms with E-state index >= 15 is 0 Å². The van der Waals surface area contributed by atoms with Gasteiger partial charge in [-0.05, 0) is 13.8 Å². The van der Waals surface area contributed by atoms with Gasteiger partial charge in [-0.15, -0.1) is 0 Å². The Morgan fingerprint density at radius 1 is 1.32 bits per heavy atom. The monoisotopic (exact) mass is 258 g/mol. The average Bonchev–Trinajstić information content (AvgIpc) is 2.71. The third-order valence-corrected chi connectivity index (χ3v) is 3.18. The highest BCUT2D eigenvalue weighted by Gasteiger charge is 2.15. The fourth-order valence-electron chi connectivity index (χ4n) is 1.99. The number of benzene rings is 1. The van der Waals surface area contributed by atoms with Crippen molar-refractivity contribution in [2.24, 2.45) is 5.92 Å². The first kappa shape index (κ1) is 13.3. The molecule has 0 radical (unpaired) electrons. The Morgan fingerprint density at radius 3 is 2.53 bits per heavy atom. The number of carboxylic acid groups (broad SMARTS) is 1. The molecule has 4 nitrogen and oxygen atoms in total. The molecule has 4 heteroatoms. The highest BCUT2D eigenvalue weighted by Crippen LogP contribution is 2.22. The lowest BCUT2D eigenvalue weighted by atomic mass is 10.1. The summed E-state index contributed by atoms with van der Waals surface area (Å²) < 4.78 is 0. The molecule has 0 bridgehead atoms. The summed E-state index contributed by atoms with van der Waals surface area (Å²) in [6.07, 6.45) is 0.419. The van der Waals surface area contributed by atoms with Gasteiger partial charge in [-0.3, -0.25) is 4.79 Å². The molecule has 1 atom stereocenters. The maximum Gasteiger partial charge on any atom is 0.306 e. The summed E-state index contributed by atoms with van der Waals surface area (Å²) in [5, 5.41) is 8.93. The van der Waals surface area contributed by atoms with Crippen LogP contribution < -0.4 is 0 Å². The van der Waals surface area contributed by atoms with Crippen molar-refractivity contribution >= 4 is 5.97 Å². The minimum Gasteiger partial charge on any atom is -0.481 e. The molecule has 0 aliphatic heterocycles. The lowest BCUT2D eigenvalue weighted by Gasteiger charge is -2.02. The number of H-pyrrole nitrogens is 1. The highest BCUT2D eigenvalue weighted by atomic mass is 16.4. The molecule has 1 heterocycles. The first-order chi connectivity index (χ1) is 8.97. The number of aromatic amines is 1. The zero-order valence-corrected chi connectivity index (χ0v) is 11.4. The van der Waals surface area contributed by atoms with E-state index in [2.05, 4.69) is 9.97 Å². The van der Waals surface area contributed by atoms with Crippen LogP contribution in [0.3, 0.4) is 0 Å². The topological polar surface area (TPSA) is 66.0 Å². The summed E-state index contributed by atoms with van der Waals surface area (Å²) >= 11 is 0. The zero-order valence-electron chi connectivity index (χ0n) is 11.4. The molecule has 0 saturated carbocycles. The quantitative estimate of drug-likeness (QED) is 0.886. The molecule has 0 aliphatic carbocycles. The number of hydrogen-bond donors (Lipinski definition) is 2. The van der Waals surface area contributed by atoms with Gasteiger partial charge in [0.25, 0.3) is 0 Å². The molecule has 2 rings (SSSR count). The Balaban J connectivity index is 2.26. The second-order valence-electron chi connectivity index (χ2n) is 4.97. The van der Waals surface area contributed by atoms with E-state index in [9.17, 15) is 4.79 Å². The number of carboxylic acids is 1. The highest BCUT2D eigenvalue weighted by molar-refractivity contribution is 5.70. The largest absolute Gasteiger partial charge is 0.481 e. The molecule has 1 unspecified atom stereocenters. The van der Waals surface area contributed by atoms with Gasteiger partial charge in [0.05, 0.1) is 11.6 Å². The first-order valence-electron chi connectivity index (χ1n) is 6.32. The number of nitrogens with one attached hydrogen (secondary N) is 1. The fraction of sp³-hybridized carbons (Fsp3) is 0.333. The van der Waals surface area contributed by atoms with Gasteiger partial charge in [0, 0.05) is 17.7 Å². The molecule has 100 valence electrons. The van der Waals surface area contributed by atoms with Crippen LogP contribution in [-0.2, 0) is 11.2 Å². The third kappa shape index (κ3) is 3.02. The van der Waals surface area contributed by atoms with E-state index in [0.29, 0.717) is 6.42 Å². The zero-order chi connectivity index (χ0) is 14.0. The first-order valence-corrected chi connectivity index (χ1v) is 6.32. The smallest absolute Gasteiger partial charge is 0.306 e. The summed E-state index contributed by atoms with van der Waals surface area (Å²) in [6, 6.07) is 8.15. The van der Waals surface area contributed by atoms with E-state index in [1.54, 1.807) is 6.92 Å². The van der Waals surface area contributed by atoms with Crippen molar-refractivity contribution in [1.82, 2.24) is 9.97 Å². The van der Waals surface area contributed by atoms with Crippen LogP contribution in [0.25, 0.3) is 11.3 Å². The number of aromatic nitrogens is 2. The van der Waals surface area contributed by atoms with E-state index < -0.39 is 11.9 Å². The van der Waals surface area contributed by atoms with Crippen LogP contribution in [0.2, 0.25) is 0 Å². The van der Waals surface area contributed by atoms with Gasteiger partial charge in [0.15, 0.2) is 0 Å². The molecular weight excluding hydrogens is 240 g/mol. The van der Waals surface area contributed by atoms with Crippen molar-refractivity contribution in [2.45, 2.75) is 27.2 Å². The van der Waals surface area contributed by atoms with Gasteiger partial charge in [-0.2, -0.15) is 0 Å². The van der Waals surface area contributed by atoms with Crippen LogP contribution in [0.4, 0.5) is 0 Å². The van der Waals surface area contributed by atoms with Gasteiger partial charge in [0.2, 0.25) is 0 Å². The summed E-state index contributed by atoms with van der Waals surface area (Å²) in [6.45, 7) is 5.68. The summed E-state index contributed by atoms with van der Waals surface area (Å²) in [7, 11) is 0. The van der Waals surface area contributed by atoms with Crippen molar-refractivity contribution in [2.75, 3.05) is 0 Å². The predicted octanol–water partition coefficient (Wildman–Crippen LogP) is 2.96. The maximum absolute atomic E-state index is 10.9. The Bertz CT molecular complexity index is 585. The van der Waals surface area contributed by atoms with Gasteiger partial charge in [-0.1, -0.05) is 36.8 Å². The molecule has 0 aliphatic rings. The van der Waals surface area contributed by atoms with E-state index in [-0.39, 0.29) is 0 Å². The molecule has 1 aromatic carbocycles. The van der Waals surface area contributed by atoms with Gasteiger partial charge in [-0.25, -0.2) is 4.98 Å². The van der Waals surface area contributed by atoms with Gasteiger partial charge < -0.3 is 10.1 Å². The Labute approximate surface area is 112 Å². The molecular formula is C15H18N2O2. The van der Waals surface area contributed by atoms with Crippen LogP contribution in [0, 0.1) is 19.8 Å². The maximum atomic E-state index is 10.9. The second kappa shape index (κ2) is 5.26. The molecule has 2 N–H and O–H groups in total. The van der Waals surface area contributed by atoms with E-state index in [4.69, 9.17) is 5.11 Å². The van der Waals surface area contributed by atoms with Crippen LogP contribution >= 0.6 is 0 Å². The summed E-state index contributed by atoms with van der Waals surface area (Å²) in [4.78, 5) is 18.5. The summed E-state index contributed by atoms with van der Waals surface area (Å²) in [5.41, 5.74) is 4.12. The standard InChI is InChI=1S/C15H18N2O2/c1-9-4-6-12(7-5-9)14-11(3)16-13(17-14)8-10(2)15(18)19/h4-7,10H,8H2,1-3H3,(H,16,17)(H,18,19). The average molecular weight is 258 g/mol. The second-order valence-corrected chi connectivity index (χ2v) is 4.97. The number of aliphatic carboxylic acids is 1. The van der Waals surface area contributed by atoms with Gasteiger partial charge >= 0.3 is 5.97 Å². The minimum absolute atomic E-state index is 0.419. The molecule has 0 spiro atoms. The lowest BCUT2D eigenvalue weighted by molar-refractivity contribution is -0.141. The molecule has 0 amide bonds. The Kier molecular flexibility index (Phi) is 3.69. The van der Waals surface area contributed by atoms with Crippen LogP contribution in [0.5, 0.6) is 0 Å². The molecule has 0 saturated heterocycles. The van der Waals surface area contributed by atoms with Crippen LogP contribution in [0.15, 0.2) is 24.3 Å². The lowest BCUT2D eigenvalue weighted by Crippen LogP contribution is -2.13. The van der Waals surface area contributed by atoms with Crippen molar-refractivity contribution in [3.63, 3.8) is 0 Å². The van der Waals surface area contributed by atoms with E-state index in [1.807, 2.05) is 38.1 Å². The van der Waals surface area contributed by atoms with Crippen molar-refractivity contribution in [3.8, 4) is 11.3 Å². The number of nitrogens with zero attached hydrogens (tertiary/aromatic N) is 1. The van der Waals surface area contributed by atoms with Crippen molar-refractivity contribution in [1.29, 1.82) is 0 Å². The minimum atomic E-state index is -0.800. The van der Waals surface area contributed by atoms with Gasteiger partial charge in [0.1, 0.15) is 5.82 Å². The number of rotatable bonds is 4. The van der Waals surface area contributed by atoms with Crippen LogP contribution in [0.1, 0.15) is 24.0 Å². The Hall–Kier alpha value is -2.10.